The zero-order valence-electron chi connectivity index (χ0n) is 19.1. The predicted molar refractivity (Wildman–Crippen MR) is 141 cm³/mol. The van der Waals surface area contributed by atoms with Gasteiger partial charge in [-0.2, -0.15) is 0 Å². The van der Waals surface area contributed by atoms with Crippen molar-refractivity contribution in [2.45, 2.75) is 18.2 Å². The molecule has 0 radical (unpaired) electrons. The number of para-hydroxylation sites is 1. The number of anilines is 3. The maximum absolute atomic E-state index is 13.1. The number of aryl methyl sites for hydroxylation is 1. The van der Waals surface area contributed by atoms with Crippen LogP contribution < -0.4 is 14.9 Å². The second-order valence-corrected chi connectivity index (χ2v) is 11.2. The van der Waals surface area contributed by atoms with E-state index in [4.69, 9.17) is 0 Å². The standard InChI is InChI=1S/C26H24N4O3S2/c1-18-25(29-26(34-18)28-24(31)17-27-21-8-4-2-5-9-21)20-12-13-23-19(16-20)14-15-30(23)35(32,33)22-10-6-3-7-11-22/h2-13,16,27H,14-15,17H2,1H3,(H,28,29,31). The second kappa shape index (κ2) is 9.52. The molecule has 2 N–H and O–H groups in total. The molecule has 5 rings (SSSR count). The summed E-state index contributed by atoms with van der Waals surface area (Å²) >= 11 is 1.42. The highest BCUT2D eigenvalue weighted by molar-refractivity contribution is 7.92. The van der Waals surface area contributed by atoms with E-state index >= 15 is 0 Å². The van der Waals surface area contributed by atoms with E-state index in [0.29, 0.717) is 23.8 Å². The molecule has 1 aliphatic rings. The molecule has 1 aromatic heterocycles. The summed E-state index contributed by atoms with van der Waals surface area (Å²) in [4.78, 5) is 18.3. The number of nitrogens with zero attached hydrogens (tertiary/aromatic N) is 2. The molecule has 0 bridgehead atoms. The summed E-state index contributed by atoms with van der Waals surface area (Å²) < 4.78 is 27.7. The molecule has 7 nitrogen and oxygen atoms in total. The van der Waals surface area contributed by atoms with E-state index in [1.165, 1.54) is 15.6 Å². The van der Waals surface area contributed by atoms with Crippen LogP contribution in [0.15, 0.2) is 83.8 Å². The van der Waals surface area contributed by atoms with Crippen LogP contribution in [0, 0.1) is 6.92 Å². The molecule has 3 aromatic carbocycles. The molecule has 2 heterocycles. The molecular weight excluding hydrogens is 480 g/mol. The van der Waals surface area contributed by atoms with Crippen molar-refractivity contribution >= 4 is 43.8 Å². The molecule has 9 heteroatoms. The summed E-state index contributed by atoms with van der Waals surface area (Å²) in [6.07, 6.45) is 0.632. The van der Waals surface area contributed by atoms with E-state index in [9.17, 15) is 13.2 Å². The summed E-state index contributed by atoms with van der Waals surface area (Å²) in [6, 6.07) is 23.8. The van der Waals surface area contributed by atoms with Crippen molar-refractivity contribution in [1.82, 2.24) is 4.98 Å². The Morgan fingerprint density at radius 3 is 2.49 bits per heavy atom. The lowest BCUT2D eigenvalue weighted by atomic mass is 10.1. The van der Waals surface area contributed by atoms with E-state index in [1.54, 1.807) is 30.3 Å². The van der Waals surface area contributed by atoms with Crippen molar-refractivity contribution in [2.75, 3.05) is 28.0 Å². The fraction of sp³-hybridized carbons (Fsp3) is 0.154. The lowest BCUT2D eigenvalue weighted by Gasteiger charge is -2.19. The van der Waals surface area contributed by atoms with Crippen molar-refractivity contribution in [3.05, 3.63) is 89.3 Å². The minimum Gasteiger partial charge on any atom is -0.376 e. The first-order valence-corrected chi connectivity index (χ1v) is 13.4. The quantitative estimate of drug-likeness (QED) is 0.373. The highest BCUT2D eigenvalue weighted by Crippen LogP contribution is 2.37. The predicted octanol–water partition coefficient (Wildman–Crippen LogP) is 4.92. The van der Waals surface area contributed by atoms with Crippen LogP contribution in [-0.2, 0) is 21.2 Å². The highest BCUT2D eigenvalue weighted by atomic mass is 32.2. The van der Waals surface area contributed by atoms with Gasteiger partial charge >= 0.3 is 0 Å². The SMILES string of the molecule is Cc1sc(NC(=O)CNc2ccccc2)nc1-c1ccc2c(c1)CCN2S(=O)(=O)c1ccccc1. The summed E-state index contributed by atoms with van der Waals surface area (Å²) in [5.74, 6) is -0.176. The molecule has 4 aromatic rings. The number of rotatable bonds is 7. The van der Waals surface area contributed by atoms with Gasteiger partial charge in [0.1, 0.15) is 0 Å². The van der Waals surface area contributed by atoms with E-state index < -0.39 is 10.0 Å². The first kappa shape index (κ1) is 23.1. The third-order valence-electron chi connectivity index (χ3n) is 5.81. The smallest absolute Gasteiger partial charge is 0.264 e. The van der Waals surface area contributed by atoms with Crippen LogP contribution in [0.3, 0.4) is 0 Å². The molecule has 0 fully saturated rings. The number of carbonyl (C=O) groups excluding carboxylic acids is 1. The summed E-state index contributed by atoms with van der Waals surface area (Å²) in [6.45, 7) is 2.51. The van der Waals surface area contributed by atoms with Gasteiger partial charge in [0.15, 0.2) is 5.13 Å². The average Bonchev–Trinajstić information content (AvgIpc) is 3.47. The molecule has 0 saturated carbocycles. The van der Waals surface area contributed by atoms with Crippen molar-refractivity contribution in [1.29, 1.82) is 0 Å². The Labute approximate surface area is 208 Å². The first-order valence-electron chi connectivity index (χ1n) is 11.2. The molecule has 1 amide bonds. The van der Waals surface area contributed by atoms with Gasteiger partial charge in [-0.25, -0.2) is 13.4 Å². The normalized spacial score (nSPS) is 12.9. The zero-order valence-corrected chi connectivity index (χ0v) is 20.7. The van der Waals surface area contributed by atoms with Crippen molar-refractivity contribution < 1.29 is 13.2 Å². The van der Waals surface area contributed by atoms with Crippen LogP contribution in [0.5, 0.6) is 0 Å². The Morgan fingerprint density at radius 2 is 1.74 bits per heavy atom. The highest BCUT2D eigenvalue weighted by Gasteiger charge is 2.31. The first-order chi connectivity index (χ1) is 16.9. The topological polar surface area (TPSA) is 91.4 Å². The van der Waals surface area contributed by atoms with Crippen LogP contribution in [-0.4, -0.2) is 32.4 Å². The van der Waals surface area contributed by atoms with Gasteiger partial charge in [-0.15, -0.1) is 11.3 Å². The molecule has 0 atom stereocenters. The lowest BCUT2D eigenvalue weighted by molar-refractivity contribution is -0.114. The molecule has 178 valence electrons. The number of aromatic nitrogens is 1. The molecule has 0 saturated heterocycles. The fourth-order valence-corrected chi connectivity index (χ4v) is 6.48. The Bertz CT molecular complexity index is 1470. The minimum absolute atomic E-state index is 0.141. The van der Waals surface area contributed by atoms with Gasteiger partial charge in [0.05, 0.1) is 22.8 Å². The third kappa shape index (κ3) is 4.78. The molecule has 35 heavy (non-hydrogen) atoms. The molecular formula is C26H24N4O3S2. The van der Waals surface area contributed by atoms with E-state index in [-0.39, 0.29) is 17.3 Å². The van der Waals surface area contributed by atoms with Gasteiger partial charge in [0.2, 0.25) is 5.91 Å². The van der Waals surface area contributed by atoms with Crippen LogP contribution in [0.4, 0.5) is 16.5 Å². The summed E-state index contributed by atoms with van der Waals surface area (Å²) in [5.41, 5.74) is 4.23. The van der Waals surface area contributed by atoms with E-state index in [0.717, 1.165) is 27.4 Å². The van der Waals surface area contributed by atoms with Crippen molar-refractivity contribution in [3.63, 3.8) is 0 Å². The van der Waals surface area contributed by atoms with E-state index in [2.05, 4.69) is 15.6 Å². The Kier molecular flexibility index (Phi) is 6.27. The van der Waals surface area contributed by atoms with Crippen LogP contribution in [0.25, 0.3) is 11.3 Å². The molecule has 1 aliphatic heterocycles. The van der Waals surface area contributed by atoms with Gasteiger partial charge in [-0.1, -0.05) is 42.5 Å². The maximum Gasteiger partial charge on any atom is 0.264 e. The Balaban J connectivity index is 1.32. The van der Waals surface area contributed by atoms with Gasteiger partial charge in [0, 0.05) is 22.7 Å². The molecule has 0 unspecified atom stereocenters. The zero-order chi connectivity index (χ0) is 24.4. The second-order valence-electron chi connectivity index (χ2n) is 8.18. The maximum atomic E-state index is 13.1. The number of carbonyl (C=O) groups is 1. The van der Waals surface area contributed by atoms with E-state index in [1.807, 2.05) is 55.5 Å². The number of hydrogen-bond donors (Lipinski definition) is 2. The minimum atomic E-state index is -3.61. The number of nitrogens with one attached hydrogen (secondary N) is 2. The van der Waals surface area contributed by atoms with Crippen molar-refractivity contribution in [3.8, 4) is 11.3 Å². The monoisotopic (exact) mass is 504 g/mol. The lowest BCUT2D eigenvalue weighted by Crippen LogP contribution is -2.29. The van der Waals surface area contributed by atoms with Gasteiger partial charge in [-0.3, -0.25) is 9.10 Å². The molecule has 0 aliphatic carbocycles. The number of amides is 1. The number of sulfonamides is 1. The Hall–Kier alpha value is -3.69. The number of fused-ring (bicyclic) bond motifs is 1. The van der Waals surface area contributed by atoms with Gasteiger partial charge in [0.25, 0.3) is 10.0 Å². The fourth-order valence-electron chi connectivity index (χ4n) is 4.11. The van der Waals surface area contributed by atoms with Crippen LogP contribution >= 0.6 is 11.3 Å². The Morgan fingerprint density at radius 1 is 1.03 bits per heavy atom. The number of hydrogen-bond acceptors (Lipinski definition) is 6. The largest absolute Gasteiger partial charge is 0.376 e. The van der Waals surface area contributed by atoms with Gasteiger partial charge < -0.3 is 10.6 Å². The van der Waals surface area contributed by atoms with Crippen molar-refractivity contribution in [2.24, 2.45) is 0 Å². The number of thiazole rings is 1. The van der Waals surface area contributed by atoms with Crippen LogP contribution in [0.2, 0.25) is 0 Å². The molecule has 0 spiro atoms. The average molecular weight is 505 g/mol. The van der Waals surface area contributed by atoms with Crippen LogP contribution in [0.1, 0.15) is 10.4 Å². The summed E-state index contributed by atoms with van der Waals surface area (Å²) in [5, 5.41) is 6.48. The third-order valence-corrected chi connectivity index (χ3v) is 8.52. The number of benzene rings is 3. The summed E-state index contributed by atoms with van der Waals surface area (Å²) in [7, 11) is -3.61. The van der Waals surface area contributed by atoms with Gasteiger partial charge in [-0.05, 0) is 55.3 Å².